The van der Waals surface area contributed by atoms with Crippen molar-refractivity contribution in [1.82, 2.24) is 0 Å². The topological polar surface area (TPSA) is 421 Å². The van der Waals surface area contributed by atoms with Gasteiger partial charge in [-0.25, -0.2) is 31.9 Å². The van der Waals surface area contributed by atoms with Gasteiger partial charge in [-0.15, -0.1) is 0 Å². The molecule has 0 aromatic heterocycles. The maximum atomic E-state index is 12.0. The molecule has 1 saturated carbocycles. The van der Waals surface area contributed by atoms with Crippen LogP contribution in [0.3, 0.4) is 0 Å². The molecule has 0 saturated heterocycles. The van der Waals surface area contributed by atoms with Crippen LogP contribution < -0.4 is 0 Å². The van der Waals surface area contributed by atoms with E-state index in [1.807, 2.05) is 0 Å². The summed E-state index contributed by atoms with van der Waals surface area (Å²) in [6, 6.07) is 0. The number of hydrogen-bond donors (Lipinski definition) is 13. The van der Waals surface area contributed by atoms with Crippen molar-refractivity contribution in [3.8, 4) is 0 Å². The third-order valence-corrected chi connectivity index (χ3v) is 12.3. The molecule has 0 bridgehead atoms. The molecule has 32 heteroatoms. The number of rotatable bonds is 12. The van der Waals surface area contributed by atoms with Gasteiger partial charge in [-0.2, -0.15) is 21.6 Å². The summed E-state index contributed by atoms with van der Waals surface area (Å²) in [5.74, 6) is -3.96. The summed E-state index contributed by atoms with van der Waals surface area (Å²) in [6.07, 6.45) is -13.5. The second kappa shape index (κ2) is 12.9. The Kier molecular flexibility index (Phi) is 13.4. The average Bonchev–Trinajstić information content (AvgIpc) is 2.56. The van der Waals surface area contributed by atoms with Crippen molar-refractivity contribution in [2.24, 2.45) is 0 Å². The van der Waals surface area contributed by atoms with E-state index in [9.17, 15) is 72.7 Å². The predicted molar refractivity (Wildman–Crippen MR) is 111 cm³/mol. The van der Waals surface area contributed by atoms with Crippen molar-refractivity contribution in [2.75, 3.05) is 0 Å². The maximum Gasteiger partial charge on any atom is 2.00 e. The molecule has 0 aromatic carbocycles. The molecule has 0 amide bonds. The standard InChI is InChI=1S/C6H18O25P6.Mg.2H/c7-1-2(8)4(10)6(12,5(11)3(1)9)26-33(16,17)28-35(20,21)30-37(24,25)31-36(22,23)29-34(18,19)27-32(13,14)15;;;/h1-5,7-12H,(H,16,17)(H,18,19)(H,20,21)(H,22,23)(H,24,25)(H2,13,14,15);;;/q;+2;2*-1/t1?,2-,3+,4-,5-,6?;;;/m1.../s1. The molecule has 1 fully saturated rings. The van der Waals surface area contributed by atoms with Crippen LogP contribution in [0.25, 0.3) is 0 Å². The van der Waals surface area contributed by atoms with Crippen LogP contribution in [0.1, 0.15) is 2.85 Å². The van der Waals surface area contributed by atoms with Crippen molar-refractivity contribution in [3.63, 3.8) is 0 Å². The molecule has 7 unspecified atom stereocenters. The normalized spacial score (nSPS) is 36.4. The smallest absolute Gasteiger partial charge is 1.00 e. The van der Waals surface area contributed by atoms with E-state index in [2.05, 4.69) is 26.1 Å². The second-order valence-corrected chi connectivity index (χ2v) is 15.6. The summed E-state index contributed by atoms with van der Waals surface area (Å²) < 4.78 is 88.7. The van der Waals surface area contributed by atoms with E-state index in [0.29, 0.717) is 0 Å². The van der Waals surface area contributed by atoms with Crippen molar-refractivity contribution < 1.29 is 121 Å². The summed E-state index contributed by atoms with van der Waals surface area (Å²) in [5.41, 5.74) is 0. The van der Waals surface area contributed by atoms with E-state index in [0.717, 1.165) is 0 Å². The number of aliphatic hydroxyl groups excluding tert-OH is 5. The molecule has 226 valence electrons. The first-order chi connectivity index (χ1) is 16.0. The number of phosphoric acid groups is 6. The first-order valence-electron chi connectivity index (χ1n) is 8.13. The largest absolute Gasteiger partial charge is 2.00 e. The molecule has 25 nitrogen and oxygen atoms in total. The minimum Gasteiger partial charge on any atom is -1.00 e. The van der Waals surface area contributed by atoms with Crippen molar-refractivity contribution in [2.45, 2.75) is 36.3 Å². The summed E-state index contributed by atoms with van der Waals surface area (Å²) in [7, 11) is -38.3. The van der Waals surface area contributed by atoms with Gasteiger partial charge in [0.05, 0.1) is 0 Å². The van der Waals surface area contributed by atoms with Crippen LogP contribution >= 0.6 is 46.9 Å². The Bertz CT molecular complexity index is 1120. The summed E-state index contributed by atoms with van der Waals surface area (Å²) >= 11 is 0. The van der Waals surface area contributed by atoms with Gasteiger partial charge in [0.25, 0.3) is 0 Å². The van der Waals surface area contributed by atoms with E-state index in [4.69, 9.17) is 19.6 Å². The van der Waals surface area contributed by atoms with Gasteiger partial charge >= 0.3 is 70.0 Å². The zero-order valence-electron chi connectivity index (χ0n) is 19.5. The minimum atomic E-state index is -6.59. The molecule has 13 N–H and O–H groups in total. The SMILES string of the molecule is O=P(O)(O)OP(=O)(O)OP(=O)(O)OP(=O)(O)OP(=O)(O)OP(=O)(O)OC1(O)[C@H](O)[C@H](O)C(O)[C@H](O)[C@H]1O.[H-].[H-].[Mg+2]. The van der Waals surface area contributed by atoms with Gasteiger partial charge in [0, 0.05) is 0 Å². The Morgan fingerprint density at radius 1 is 0.500 bits per heavy atom. The van der Waals surface area contributed by atoms with Crippen molar-refractivity contribution in [1.29, 1.82) is 0 Å². The number of phosphoric ester groups is 1. The van der Waals surface area contributed by atoms with E-state index < -0.39 is 83.2 Å². The maximum absolute atomic E-state index is 12.0. The molecule has 0 heterocycles. The Morgan fingerprint density at radius 3 is 1.05 bits per heavy atom. The summed E-state index contributed by atoms with van der Waals surface area (Å²) in [6.45, 7) is 0. The van der Waals surface area contributed by atoms with Gasteiger partial charge in [0.2, 0.25) is 5.79 Å². The zero-order valence-corrected chi connectivity index (χ0v) is 24.3. The fourth-order valence-corrected chi connectivity index (χ4v) is 9.78. The van der Waals surface area contributed by atoms with Crippen LogP contribution in [-0.4, -0.2) is 124 Å². The van der Waals surface area contributed by atoms with Gasteiger partial charge in [-0.05, 0) is 0 Å². The van der Waals surface area contributed by atoms with Crippen LogP contribution in [0, 0.1) is 0 Å². The Balaban J connectivity index is -0.00000456. The zero-order chi connectivity index (χ0) is 29.6. The molecule has 1 rings (SSSR count). The molecule has 0 aliphatic heterocycles. The Morgan fingerprint density at radius 2 is 0.763 bits per heavy atom. The molecule has 0 radical (unpaired) electrons. The van der Waals surface area contributed by atoms with E-state index in [1.165, 1.54) is 0 Å². The van der Waals surface area contributed by atoms with Gasteiger partial charge < -0.3 is 67.7 Å². The van der Waals surface area contributed by atoms with Crippen molar-refractivity contribution >= 4 is 70.0 Å². The van der Waals surface area contributed by atoms with E-state index >= 15 is 0 Å². The summed E-state index contributed by atoms with van der Waals surface area (Å²) in [4.78, 5) is 62.9. The fraction of sp³-hybridized carbons (Fsp3) is 1.00. The third kappa shape index (κ3) is 11.6. The summed E-state index contributed by atoms with van der Waals surface area (Å²) in [5, 5.41) is 57.9. The quantitative estimate of drug-likeness (QED) is 0.0524. The Hall–Kier alpha value is 1.39. The number of hydrogen-bond acceptors (Lipinski definition) is 18. The predicted octanol–water partition coefficient (Wildman–Crippen LogP) is -3.97. The van der Waals surface area contributed by atoms with Gasteiger partial charge in [-0.1, -0.05) is 0 Å². The van der Waals surface area contributed by atoms with Crippen molar-refractivity contribution in [3.05, 3.63) is 0 Å². The first-order valence-corrected chi connectivity index (χ1v) is 17.1. The molecular formula is C6H20MgO25P6. The van der Waals surface area contributed by atoms with Crippen LogP contribution in [0.2, 0.25) is 0 Å². The van der Waals surface area contributed by atoms with Gasteiger partial charge in [0.15, 0.2) is 0 Å². The minimum absolute atomic E-state index is 0. The molecule has 0 aromatic rings. The molecule has 11 atom stereocenters. The van der Waals surface area contributed by atoms with E-state index in [1.54, 1.807) is 0 Å². The van der Waals surface area contributed by atoms with Crippen LogP contribution in [0.5, 0.6) is 0 Å². The monoisotopic (exact) mass is 702 g/mol. The fourth-order valence-electron chi connectivity index (χ4n) is 2.26. The first kappa shape index (κ1) is 39.4. The molecule has 1 aliphatic carbocycles. The van der Waals surface area contributed by atoms with E-state index in [-0.39, 0.29) is 25.9 Å². The van der Waals surface area contributed by atoms with Crippen LogP contribution in [0.15, 0.2) is 0 Å². The van der Waals surface area contributed by atoms with Crippen LogP contribution in [-0.2, 0) is 53.5 Å². The number of aliphatic hydroxyl groups is 6. The second-order valence-electron chi connectivity index (χ2n) is 6.45. The van der Waals surface area contributed by atoms with Gasteiger partial charge in [0.1, 0.15) is 30.5 Å². The molecule has 0 spiro atoms. The molecule has 1 aliphatic rings. The molecular weight excluding hydrogens is 682 g/mol. The molecule has 38 heavy (non-hydrogen) atoms. The van der Waals surface area contributed by atoms with Crippen LogP contribution in [0.4, 0.5) is 0 Å². The third-order valence-electron chi connectivity index (χ3n) is 3.49. The Labute approximate surface area is 227 Å². The van der Waals surface area contributed by atoms with Gasteiger partial charge in [-0.3, -0.25) is 0 Å². The average molecular weight is 702 g/mol.